The van der Waals surface area contributed by atoms with Crippen molar-refractivity contribution in [2.45, 2.75) is 5.22 Å². The molecule has 0 amide bonds. The predicted molar refractivity (Wildman–Crippen MR) is 92.3 cm³/mol. The van der Waals surface area contributed by atoms with Gasteiger partial charge >= 0.3 is 5.97 Å². The average Bonchev–Trinajstić information content (AvgIpc) is 3.11. The minimum absolute atomic E-state index is 0.0241. The summed E-state index contributed by atoms with van der Waals surface area (Å²) in [5.74, 6) is -1.38. The van der Waals surface area contributed by atoms with Gasteiger partial charge in [-0.05, 0) is 59.8 Å². The van der Waals surface area contributed by atoms with Crippen molar-refractivity contribution in [2.24, 2.45) is 0 Å². The summed E-state index contributed by atoms with van der Waals surface area (Å²) in [6.45, 7) is 0. The molecule has 6 nitrogen and oxygen atoms in total. The molecule has 0 atom stereocenters. The Balaban J connectivity index is 1.82. The molecule has 2 aromatic carbocycles. The molecule has 1 N–H and O–H groups in total. The minimum atomic E-state index is -1.15. The Kier molecular flexibility index (Phi) is 5.10. The van der Waals surface area contributed by atoms with E-state index < -0.39 is 5.97 Å². The molecule has 8 heteroatoms. The van der Waals surface area contributed by atoms with Crippen LogP contribution < -0.4 is 0 Å². The fourth-order valence-electron chi connectivity index (χ4n) is 1.99. The van der Waals surface area contributed by atoms with Crippen molar-refractivity contribution in [1.29, 1.82) is 5.26 Å². The Morgan fingerprint density at radius 1 is 1.15 bits per heavy atom. The van der Waals surface area contributed by atoms with Crippen molar-refractivity contribution < 1.29 is 18.7 Å². The lowest BCUT2D eigenvalue weighted by Crippen LogP contribution is -1.96. The highest BCUT2D eigenvalue weighted by atomic mass is 32.2. The zero-order chi connectivity index (χ0) is 18.5. The smallest absolute Gasteiger partial charge is 0.342 e. The number of hydrogen-bond donors (Lipinski definition) is 1. The molecule has 1 aromatic heterocycles. The highest BCUT2D eigenvalue weighted by Crippen LogP contribution is 2.30. The van der Waals surface area contributed by atoms with Gasteiger partial charge in [-0.2, -0.15) is 5.26 Å². The van der Waals surface area contributed by atoms with Gasteiger partial charge in [0.15, 0.2) is 0 Å². The molecule has 128 valence electrons. The van der Waals surface area contributed by atoms with Crippen LogP contribution in [0, 0.1) is 17.1 Å². The van der Waals surface area contributed by atoms with Crippen molar-refractivity contribution in [3.63, 3.8) is 0 Å². The molecule has 3 aromatic rings. The van der Waals surface area contributed by atoms with Gasteiger partial charge in [-0.1, -0.05) is 12.1 Å². The summed E-state index contributed by atoms with van der Waals surface area (Å²) >= 11 is 0.802. The van der Waals surface area contributed by atoms with Crippen molar-refractivity contribution in [1.82, 2.24) is 10.2 Å². The SMILES string of the molecule is N#Cc1ccc(/C=C(/Sc2nnc(-c3ccc(F)cc3)o2)C(=O)O)cc1. The van der Waals surface area contributed by atoms with Crippen LogP contribution in [0.1, 0.15) is 11.1 Å². The molecule has 0 unspecified atom stereocenters. The summed E-state index contributed by atoms with van der Waals surface area (Å²) in [6, 6.07) is 14.0. The Labute approximate surface area is 151 Å². The number of nitriles is 1. The average molecular weight is 367 g/mol. The van der Waals surface area contributed by atoms with Gasteiger partial charge < -0.3 is 9.52 Å². The number of rotatable bonds is 5. The third-order valence-electron chi connectivity index (χ3n) is 3.24. The van der Waals surface area contributed by atoms with Gasteiger partial charge in [0.05, 0.1) is 11.6 Å². The first-order valence-corrected chi connectivity index (χ1v) is 8.09. The van der Waals surface area contributed by atoms with Crippen LogP contribution in [0.15, 0.2) is 63.1 Å². The van der Waals surface area contributed by atoms with E-state index in [1.807, 2.05) is 6.07 Å². The monoisotopic (exact) mass is 367 g/mol. The first-order chi connectivity index (χ1) is 12.5. The Hall–Kier alpha value is -3.44. The number of benzene rings is 2. The normalized spacial score (nSPS) is 11.2. The number of aromatic nitrogens is 2. The zero-order valence-electron chi connectivity index (χ0n) is 13.1. The quantitative estimate of drug-likeness (QED) is 0.538. The maximum absolute atomic E-state index is 13.0. The van der Waals surface area contributed by atoms with Crippen molar-refractivity contribution in [3.8, 4) is 17.5 Å². The lowest BCUT2D eigenvalue weighted by Gasteiger charge is -1.99. The van der Waals surface area contributed by atoms with E-state index in [0.29, 0.717) is 16.7 Å². The molecule has 0 radical (unpaired) electrons. The topological polar surface area (TPSA) is 100 Å². The molecule has 0 aliphatic heterocycles. The van der Waals surface area contributed by atoms with Gasteiger partial charge in [0, 0.05) is 5.56 Å². The third-order valence-corrected chi connectivity index (χ3v) is 4.10. The molecule has 0 aliphatic rings. The number of carboxylic acids is 1. The highest BCUT2D eigenvalue weighted by molar-refractivity contribution is 8.03. The minimum Gasteiger partial charge on any atom is -0.477 e. The largest absolute Gasteiger partial charge is 0.477 e. The fourth-order valence-corrected chi connectivity index (χ4v) is 2.67. The van der Waals surface area contributed by atoms with Crippen LogP contribution in [-0.4, -0.2) is 21.3 Å². The summed E-state index contributed by atoms with van der Waals surface area (Å²) < 4.78 is 18.4. The summed E-state index contributed by atoms with van der Waals surface area (Å²) in [5, 5.41) is 25.9. The number of nitrogens with zero attached hydrogens (tertiary/aromatic N) is 3. The molecule has 1 heterocycles. The first-order valence-electron chi connectivity index (χ1n) is 7.27. The van der Waals surface area contributed by atoms with Gasteiger partial charge in [0.25, 0.3) is 5.22 Å². The van der Waals surface area contributed by atoms with Gasteiger partial charge in [0.1, 0.15) is 10.7 Å². The predicted octanol–water partition coefficient (Wildman–Crippen LogP) is 3.97. The van der Waals surface area contributed by atoms with Gasteiger partial charge in [0.2, 0.25) is 5.89 Å². The summed E-state index contributed by atoms with van der Waals surface area (Å²) in [6.07, 6.45) is 1.44. The maximum Gasteiger partial charge on any atom is 0.342 e. The lowest BCUT2D eigenvalue weighted by atomic mass is 10.1. The van der Waals surface area contributed by atoms with Crippen LogP contribution in [0.4, 0.5) is 4.39 Å². The van der Waals surface area contributed by atoms with E-state index in [9.17, 15) is 14.3 Å². The number of carbonyl (C=O) groups is 1. The van der Waals surface area contributed by atoms with Gasteiger partial charge in [-0.3, -0.25) is 0 Å². The highest BCUT2D eigenvalue weighted by Gasteiger charge is 2.16. The number of hydrogen-bond acceptors (Lipinski definition) is 6. The molecular weight excluding hydrogens is 357 g/mol. The van der Waals surface area contributed by atoms with E-state index >= 15 is 0 Å². The van der Waals surface area contributed by atoms with Crippen LogP contribution in [0.25, 0.3) is 17.5 Å². The molecule has 0 fully saturated rings. The zero-order valence-corrected chi connectivity index (χ0v) is 13.9. The Bertz CT molecular complexity index is 1010. The van der Waals surface area contributed by atoms with Crippen LogP contribution in [0.2, 0.25) is 0 Å². The van der Waals surface area contributed by atoms with E-state index in [-0.39, 0.29) is 21.8 Å². The lowest BCUT2D eigenvalue weighted by molar-refractivity contribution is -0.131. The summed E-state index contributed by atoms with van der Waals surface area (Å²) in [5.41, 5.74) is 1.62. The van der Waals surface area contributed by atoms with Crippen molar-refractivity contribution in [3.05, 3.63) is 70.4 Å². The summed E-state index contributed by atoms with van der Waals surface area (Å²) in [4.78, 5) is 11.4. The molecule has 0 saturated heterocycles. The van der Waals surface area contributed by atoms with E-state index in [2.05, 4.69) is 10.2 Å². The van der Waals surface area contributed by atoms with E-state index in [1.165, 1.54) is 30.3 Å². The van der Waals surface area contributed by atoms with Gasteiger partial charge in [-0.15, -0.1) is 10.2 Å². The van der Waals surface area contributed by atoms with Crippen molar-refractivity contribution in [2.75, 3.05) is 0 Å². The first kappa shape index (κ1) is 17.4. The van der Waals surface area contributed by atoms with Gasteiger partial charge in [-0.25, -0.2) is 9.18 Å². The molecule has 26 heavy (non-hydrogen) atoms. The molecule has 0 aliphatic carbocycles. The van der Waals surface area contributed by atoms with Crippen molar-refractivity contribution >= 4 is 23.8 Å². The number of carboxylic acid groups (broad SMARTS) is 1. The molecule has 0 spiro atoms. The second-order valence-electron chi connectivity index (χ2n) is 5.03. The van der Waals surface area contributed by atoms with Crippen LogP contribution in [0.5, 0.6) is 0 Å². The van der Waals surface area contributed by atoms with Crippen LogP contribution >= 0.6 is 11.8 Å². The van der Waals surface area contributed by atoms with Crippen LogP contribution in [-0.2, 0) is 4.79 Å². The number of aliphatic carboxylic acids is 1. The van der Waals surface area contributed by atoms with E-state index in [1.54, 1.807) is 24.3 Å². The molecular formula is C18H10FN3O3S. The fraction of sp³-hybridized carbons (Fsp3) is 0. The summed E-state index contributed by atoms with van der Waals surface area (Å²) in [7, 11) is 0. The number of halogens is 1. The second kappa shape index (κ2) is 7.63. The molecule has 0 bridgehead atoms. The van der Waals surface area contributed by atoms with Crippen LogP contribution in [0.3, 0.4) is 0 Å². The standard InChI is InChI=1S/C18H10FN3O3S/c19-14-7-5-13(6-8-14)16-21-22-18(25-16)26-15(17(23)24)9-11-1-3-12(10-20)4-2-11/h1-9H,(H,23,24)/b15-9+. The Morgan fingerprint density at radius 2 is 1.85 bits per heavy atom. The third kappa shape index (κ3) is 4.15. The maximum atomic E-state index is 13.0. The second-order valence-corrected chi connectivity index (χ2v) is 6.02. The van der Waals surface area contributed by atoms with E-state index in [4.69, 9.17) is 9.68 Å². The number of thioether (sulfide) groups is 1. The molecule has 3 rings (SSSR count). The molecule has 0 saturated carbocycles. The van der Waals surface area contributed by atoms with E-state index in [0.717, 1.165) is 11.8 Å². The Morgan fingerprint density at radius 3 is 2.46 bits per heavy atom.